The molecule has 0 fully saturated rings. The summed E-state index contributed by atoms with van der Waals surface area (Å²) in [4.78, 5) is 0. The largest absolute Gasteiger partial charge is 0.501 e. The number of rotatable bonds is 14. The van der Waals surface area contributed by atoms with E-state index in [1.165, 1.54) is 0 Å². The zero-order valence-electron chi connectivity index (χ0n) is 14.0. The zero-order valence-corrected chi connectivity index (χ0v) is 18.6. The fourth-order valence-electron chi connectivity index (χ4n) is 2.08. The van der Waals surface area contributed by atoms with Crippen LogP contribution in [0.25, 0.3) is 0 Å². The predicted octanol–water partition coefficient (Wildman–Crippen LogP) is 2.32. The normalized spacial score (nSPS) is 14.4. The Hall–Kier alpha value is 0.964. The molecule has 5 nitrogen and oxygen atoms in total. The van der Waals surface area contributed by atoms with Gasteiger partial charge in [0.25, 0.3) is 0 Å². The molecule has 0 radical (unpaired) electrons. The molecule has 0 aliphatic rings. The van der Waals surface area contributed by atoms with Crippen molar-refractivity contribution in [2.75, 3.05) is 33.0 Å². The first-order valence-electron chi connectivity index (χ1n) is 7.86. The molecule has 0 spiro atoms. The first kappa shape index (κ1) is 22.0. The molecule has 0 aromatic heterocycles. The van der Waals surface area contributed by atoms with E-state index in [9.17, 15) is 0 Å². The van der Waals surface area contributed by atoms with Crippen molar-refractivity contribution in [1.29, 1.82) is 0 Å². The van der Waals surface area contributed by atoms with Crippen LogP contribution in [-0.2, 0) is 22.8 Å². The average molecular weight is 450 g/mol. The Kier molecular flexibility index (Phi) is 14.0. The molecule has 0 aliphatic heterocycles. The molecule has 0 N–H and O–H groups in total. The minimum atomic E-state index is -2.56. The second kappa shape index (κ2) is 13.4. The van der Waals surface area contributed by atoms with E-state index in [0.29, 0.717) is 36.6 Å². The highest BCUT2D eigenvalue weighted by Crippen LogP contribution is 2.23. The van der Waals surface area contributed by atoms with E-state index in [0.717, 1.165) is 6.04 Å². The van der Waals surface area contributed by atoms with Gasteiger partial charge in [-0.2, -0.15) is 0 Å². The second-order valence-electron chi connectivity index (χ2n) is 4.36. The Bertz CT molecular complexity index is 226. The minimum absolute atomic E-state index is 0.0292. The molecule has 8 heteroatoms. The average Bonchev–Trinajstić information content (AvgIpc) is 2.40. The molecule has 128 valence electrons. The molecule has 0 saturated carbocycles. The summed E-state index contributed by atoms with van der Waals surface area (Å²) >= 11 is 2.48. The van der Waals surface area contributed by atoms with Gasteiger partial charge in [-0.25, -0.2) is 0 Å². The van der Waals surface area contributed by atoms with E-state index >= 15 is 0 Å². The van der Waals surface area contributed by atoms with Gasteiger partial charge in [-0.05, 0) is 34.6 Å². The van der Waals surface area contributed by atoms with Crippen molar-refractivity contribution in [3.05, 3.63) is 0 Å². The molecule has 0 aromatic carbocycles. The first-order chi connectivity index (χ1) is 10.1. The molecular formula is C13H31IO5Si2. The van der Waals surface area contributed by atoms with Crippen molar-refractivity contribution >= 4 is 40.9 Å². The van der Waals surface area contributed by atoms with Crippen molar-refractivity contribution in [3.63, 3.8) is 0 Å². The smallest absolute Gasteiger partial charge is 0.374 e. The van der Waals surface area contributed by atoms with Gasteiger partial charge in [0.1, 0.15) is 15.4 Å². The van der Waals surface area contributed by atoms with Crippen LogP contribution in [0, 0.1) is 0 Å². The number of alkyl halides is 1. The van der Waals surface area contributed by atoms with Crippen molar-refractivity contribution in [3.8, 4) is 0 Å². The van der Waals surface area contributed by atoms with Crippen LogP contribution in [-0.4, -0.2) is 60.8 Å². The molecule has 0 bridgehead atoms. The van der Waals surface area contributed by atoms with Gasteiger partial charge >= 0.3 is 8.80 Å². The van der Waals surface area contributed by atoms with E-state index in [1.54, 1.807) is 0 Å². The molecule has 1 unspecified atom stereocenters. The van der Waals surface area contributed by atoms with Crippen molar-refractivity contribution in [1.82, 2.24) is 0 Å². The summed E-state index contributed by atoms with van der Waals surface area (Å²) in [5.41, 5.74) is 0. The van der Waals surface area contributed by atoms with Gasteiger partial charge in [0, 0.05) is 42.6 Å². The predicted molar refractivity (Wildman–Crippen MR) is 98.8 cm³/mol. The first-order valence-corrected chi connectivity index (χ1v) is 12.7. The highest BCUT2D eigenvalue weighted by molar-refractivity contribution is 14.1. The molecule has 0 rings (SSSR count). The highest BCUT2D eigenvalue weighted by atomic mass is 127. The Morgan fingerprint density at radius 2 is 1.24 bits per heavy atom. The van der Waals surface area contributed by atoms with Gasteiger partial charge in [-0.3, -0.25) is 0 Å². The Morgan fingerprint density at radius 3 is 1.57 bits per heavy atom. The van der Waals surface area contributed by atoms with Crippen molar-refractivity contribution in [2.24, 2.45) is 0 Å². The Morgan fingerprint density at radius 1 is 0.810 bits per heavy atom. The van der Waals surface area contributed by atoms with Crippen molar-refractivity contribution in [2.45, 2.75) is 50.1 Å². The van der Waals surface area contributed by atoms with Gasteiger partial charge in [0.2, 0.25) is 0 Å². The van der Waals surface area contributed by atoms with E-state index < -0.39 is 18.3 Å². The quantitative estimate of drug-likeness (QED) is 0.176. The van der Waals surface area contributed by atoms with Crippen LogP contribution in [0.2, 0.25) is 6.04 Å². The number of hydrogen-bond acceptors (Lipinski definition) is 5. The third-order valence-electron chi connectivity index (χ3n) is 2.72. The van der Waals surface area contributed by atoms with Crippen LogP contribution in [0.4, 0.5) is 0 Å². The van der Waals surface area contributed by atoms with Crippen LogP contribution >= 0.6 is 22.6 Å². The molecule has 0 heterocycles. The molecule has 21 heavy (non-hydrogen) atoms. The Labute approximate surface area is 146 Å². The lowest BCUT2D eigenvalue weighted by Crippen LogP contribution is -2.49. The Balaban J connectivity index is 4.64. The van der Waals surface area contributed by atoms with E-state index in [-0.39, 0.29) is 5.91 Å². The monoisotopic (exact) mass is 450 g/mol. The van der Waals surface area contributed by atoms with Crippen LogP contribution in [0.1, 0.15) is 34.6 Å². The summed E-state index contributed by atoms with van der Waals surface area (Å²) in [5.74, 6) is -0.0292. The lowest BCUT2D eigenvalue weighted by atomic mass is 10.8. The maximum absolute atomic E-state index is 5.91. The lowest BCUT2D eigenvalue weighted by molar-refractivity contribution is -0.0827. The highest BCUT2D eigenvalue weighted by Gasteiger charge is 2.42. The van der Waals surface area contributed by atoms with Gasteiger partial charge < -0.3 is 22.8 Å². The maximum Gasteiger partial charge on any atom is 0.501 e. The summed E-state index contributed by atoms with van der Waals surface area (Å²) in [5, 5.41) is 0. The number of hydrogen-bond donors (Lipinski definition) is 0. The summed E-state index contributed by atoms with van der Waals surface area (Å²) in [7, 11) is -3.12. The SMILES string of the molecule is CCOC(OCC)[SiH2]C(I)C[Si](OCC)(OCC)OCC. The van der Waals surface area contributed by atoms with Crippen molar-refractivity contribution < 1.29 is 22.8 Å². The standard InChI is InChI=1S/C13H31IO5Si2/c1-6-15-13(16-7-2)20-12(14)11-21(17-8-3,18-9-4)19-10-5/h12-13H,6-11,20H2,1-5H3. The summed E-state index contributed by atoms with van der Waals surface area (Å²) < 4.78 is 29.5. The summed E-state index contributed by atoms with van der Waals surface area (Å²) in [6.45, 7) is 13.2. The zero-order chi connectivity index (χ0) is 16.1. The van der Waals surface area contributed by atoms with Gasteiger partial charge in [0.05, 0.1) is 0 Å². The minimum Gasteiger partial charge on any atom is -0.374 e. The lowest BCUT2D eigenvalue weighted by Gasteiger charge is -2.30. The van der Waals surface area contributed by atoms with Crippen LogP contribution in [0.5, 0.6) is 0 Å². The molecule has 1 atom stereocenters. The van der Waals surface area contributed by atoms with E-state index in [1.807, 2.05) is 34.6 Å². The molecule has 0 aliphatic carbocycles. The topological polar surface area (TPSA) is 46.2 Å². The molecule has 0 amide bonds. The summed E-state index contributed by atoms with van der Waals surface area (Å²) in [6, 6.07) is 0.839. The number of halogens is 1. The fourth-order valence-corrected chi connectivity index (χ4v) is 10.3. The summed E-state index contributed by atoms with van der Waals surface area (Å²) in [6.07, 6.45) is 0. The van der Waals surface area contributed by atoms with Crippen LogP contribution in [0.3, 0.4) is 0 Å². The van der Waals surface area contributed by atoms with Gasteiger partial charge in [-0.15, -0.1) is 0 Å². The van der Waals surface area contributed by atoms with E-state index in [2.05, 4.69) is 22.6 Å². The van der Waals surface area contributed by atoms with Gasteiger partial charge in [-0.1, -0.05) is 22.6 Å². The third kappa shape index (κ3) is 9.64. The maximum atomic E-state index is 5.91. The third-order valence-corrected chi connectivity index (χ3v) is 10.9. The molecule has 0 aromatic rings. The number of ether oxygens (including phenoxy) is 2. The fraction of sp³-hybridized carbons (Fsp3) is 1.00. The van der Waals surface area contributed by atoms with Crippen LogP contribution < -0.4 is 0 Å². The van der Waals surface area contributed by atoms with Gasteiger partial charge in [0.15, 0.2) is 0 Å². The van der Waals surface area contributed by atoms with Crippen LogP contribution in [0.15, 0.2) is 0 Å². The molecular weight excluding hydrogens is 419 g/mol. The molecule has 0 saturated heterocycles. The second-order valence-corrected chi connectivity index (χ2v) is 12.5. The van der Waals surface area contributed by atoms with E-state index in [4.69, 9.17) is 22.8 Å².